The highest BCUT2D eigenvalue weighted by Crippen LogP contribution is 2.39. The third-order valence-corrected chi connectivity index (χ3v) is 5.88. The molecule has 2 rings (SSSR count). The molecule has 0 saturated carbocycles. The monoisotopic (exact) mass is 395 g/mol. The minimum atomic E-state index is -3.74. The number of hydrogen-bond acceptors (Lipinski definition) is 6. The molecule has 0 saturated heterocycles. The quantitative estimate of drug-likeness (QED) is 0.740. The smallest absolute Gasteiger partial charge is 0.241 e. The van der Waals surface area contributed by atoms with E-state index in [2.05, 4.69) is 4.72 Å². The lowest BCUT2D eigenvalue weighted by Crippen LogP contribution is -2.25. The van der Waals surface area contributed by atoms with E-state index in [9.17, 15) is 8.42 Å². The van der Waals surface area contributed by atoms with Crippen LogP contribution in [0.15, 0.2) is 29.2 Å². The number of rotatable bonds is 8. The predicted molar refractivity (Wildman–Crippen MR) is 103 cm³/mol. The van der Waals surface area contributed by atoms with Crippen molar-refractivity contribution >= 4 is 10.0 Å². The standard InChI is InChI=1S/C19H25NO6S/c1-12-9-15(23-3)10-13(2)19(12)27(21,22)20-11-14-7-8-16(24-4)18(26-6)17(14)25-5/h7-10,20H,11H2,1-6H3. The molecule has 0 aliphatic heterocycles. The van der Waals surface area contributed by atoms with Crippen molar-refractivity contribution in [2.75, 3.05) is 28.4 Å². The number of methoxy groups -OCH3 is 4. The molecule has 0 aliphatic carbocycles. The Morgan fingerprint density at radius 2 is 1.44 bits per heavy atom. The highest BCUT2D eigenvalue weighted by atomic mass is 32.2. The fourth-order valence-electron chi connectivity index (χ4n) is 3.00. The molecule has 27 heavy (non-hydrogen) atoms. The summed E-state index contributed by atoms with van der Waals surface area (Å²) in [5.74, 6) is 1.95. The molecule has 148 valence electrons. The van der Waals surface area contributed by atoms with Gasteiger partial charge in [0, 0.05) is 12.1 Å². The van der Waals surface area contributed by atoms with E-state index in [-0.39, 0.29) is 11.4 Å². The van der Waals surface area contributed by atoms with Gasteiger partial charge in [-0.15, -0.1) is 0 Å². The molecule has 0 fully saturated rings. The molecule has 0 unspecified atom stereocenters. The van der Waals surface area contributed by atoms with Crippen LogP contribution in [-0.4, -0.2) is 36.9 Å². The fourth-order valence-corrected chi connectivity index (χ4v) is 4.46. The van der Waals surface area contributed by atoms with Crippen molar-refractivity contribution in [2.24, 2.45) is 0 Å². The molecule has 2 aromatic carbocycles. The van der Waals surface area contributed by atoms with Gasteiger partial charge in [0.25, 0.3) is 0 Å². The molecular weight excluding hydrogens is 370 g/mol. The van der Waals surface area contributed by atoms with E-state index in [0.29, 0.717) is 39.7 Å². The van der Waals surface area contributed by atoms with Gasteiger partial charge in [0.15, 0.2) is 11.5 Å². The van der Waals surface area contributed by atoms with Crippen LogP contribution in [0, 0.1) is 13.8 Å². The Kier molecular flexibility index (Phi) is 6.56. The van der Waals surface area contributed by atoms with Gasteiger partial charge in [-0.05, 0) is 43.2 Å². The molecule has 0 bridgehead atoms. The minimum Gasteiger partial charge on any atom is -0.497 e. The summed E-state index contributed by atoms with van der Waals surface area (Å²) in [5, 5.41) is 0. The maximum Gasteiger partial charge on any atom is 0.241 e. The van der Waals surface area contributed by atoms with Crippen LogP contribution < -0.4 is 23.7 Å². The first-order chi connectivity index (χ1) is 12.8. The Balaban J connectivity index is 2.36. The highest BCUT2D eigenvalue weighted by molar-refractivity contribution is 7.89. The summed E-state index contributed by atoms with van der Waals surface area (Å²) in [7, 11) is 2.32. The second kappa shape index (κ2) is 8.49. The van der Waals surface area contributed by atoms with Crippen molar-refractivity contribution in [3.05, 3.63) is 41.0 Å². The first kappa shape index (κ1) is 20.9. The van der Waals surface area contributed by atoms with Crippen LogP contribution in [0.3, 0.4) is 0 Å². The topological polar surface area (TPSA) is 83.1 Å². The molecule has 0 aromatic heterocycles. The van der Waals surface area contributed by atoms with Crippen molar-refractivity contribution in [1.82, 2.24) is 4.72 Å². The normalized spacial score (nSPS) is 11.2. The van der Waals surface area contributed by atoms with Crippen LogP contribution in [0.2, 0.25) is 0 Å². The maximum absolute atomic E-state index is 12.9. The summed E-state index contributed by atoms with van der Waals surface area (Å²) in [6.45, 7) is 3.51. The first-order valence-electron chi connectivity index (χ1n) is 8.21. The highest BCUT2D eigenvalue weighted by Gasteiger charge is 2.22. The summed E-state index contributed by atoms with van der Waals surface area (Å²) in [6.07, 6.45) is 0. The summed E-state index contributed by atoms with van der Waals surface area (Å²) in [4.78, 5) is 0.239. The zero-order valence-corrected chi connectivity index (χ0v) is 17.2. The van der Waals surface area contributed by atoms with Crippen LogP contribution in [0.1, 0.15) is 16.7 Å². The molecule has 1 N–H and O–H groups in total. The van der Waals surface area contributed by atoms with Crippen molar-refractivity contribution in [3.63, 3.8) is 0 Å². The molecule has 0 amide bonds. The third kappa shape index (κ3) is 4.28. The molecule has 7 nitrogen and oxygen atoms in total. The lowest BCUT2D eigenvalue weighted by atomic mass is 10.1. The lowest BCUT2D eigenvalue weighted by molar-refractivity contribution is 0.322. The third-order valence-electron chi connectivity index (χ3n) is 4.18. The maximum atomic E-state index is 12.9. The van der Waals surface area contributed by atoms with E-state index in [1.807, 2.05) is 0 Å². The zero-order valence-electron chi connectivity index (χ0n) is 16.4. The van der Waals surface area contributed by atoms with Crippen LogP contribution in [0.25, 0.3) is 0 Å². The summed E-state index contributed by atoms with van der Waals surface area (Å²) >= 11 is 0. The van der Waals surface area contributed by atoms with Gasteiger partial charge in [0.1, 0.15) is 5.75 Å². The SMILES string of the molecule is COc1cc(C)c(S(=O)(=O)NCc2ccc(OC)c(OC)c2OC)c(C)c1. The van der Waals surface area contributed by atoms with Gasteiger partial charge in [0.2, 0.25) is 15.8 Å². The Morgan fingerprint density at radius 3 is 1.93 bits per heavy atom. The number of nitrogens with one attached hydrogen (secondary N) is 1. The minimum absolute atomic E-state index is 0.0385. The summed E-state index contributed by atoms with van der Waals surface area (Å²) < 4.78 is 49.6. The van der Waals surface area contributed by atoms with Crippen molar-refractivity contribution in [3.8, 4) is 23.0 Å². The lowest BCUT2D eigenvalue weighted by Gasteiger charge is -2.17. The van der Waals surface area contributed by atoms with Gasteiger partial charge in [-0.3, -0.25) is 0 Å². The van der Waals surface area contributed by atoms with E-state index in [1.165, 1.54) is 21.3 Å². The molecule has 0 aliphatic rings. The molecule has 8 heteroatoms. The number of sulfonamides is 1. The molecule has 0 radical (unpaired) electrons. The van der Waals surface area contributed by atoms with E-state index in [4.69, 9.17) is 18.9 Å². The average Bonchev–Trinajstić information content (AvgIpc) is 2.64. The Morgan fingerprint density at radius 1 is 0.852 bits per heavy atom. The average molecular weight is 395 g/mol. The number of aryl methyl sites for hydroxylation is 2. The van der Waals surface area contributed by atoms with E-state index < -0.39 is 10.0 Å². The first-order valence-corrected chi connectivity index (χ1v) is 9.70. The Hall–Kier alpha value is -2.45. The second-order valence-corrected chi connectivity index (χ2v) is 7.61. The van der Waals surface area contributed by atoms with Gasteiger partial charge in [-0.2, -0.15) is 0 Å². The van der Waals surface area contributed by atoms with Crippen LogP contribution in [0.4, 0.5) is 0 Å². The van der Waals surface area contributed by atoms with Crippen molar-refractivity contribution in [2.45, 2.75) is 25.3 Å². The summed E-state index contributed by atoms with van der Waals surface area (Å²) in [5.41, 5.74) is 1.85. The van der Waals surface area contributed by atoms with E-state index in [0.717, 1.165) is 0 Å². The molecule has 0 heterocycles. The largest absolute Gasteiger partial charge is 0.497 e. The zero-order chi connectivity index (χ0) is 20.2. The number of benzene rings is 2. The van der Waals surface area contributed by atoms with Gasteiger partial charge < -0.3 is 18.9 Å². The van der Waals surface area contributed by atoms with Gasteiger partial charge in [-0.1, -0.05) is 6.07 Å². The van der Waals surface area contributed by atoms with Crippen LogP contribution in [-0.2, 0) is 16.6 Å². The fraction of sp³-hybridized carbons (Fsp3) is 0.368. The molecule has 0 atom stereocenters. The Bertz CT molecular complexity index is 901. The molecule has 2 aromatic rings. The van der Waals surface area contributed by atoms with Gasteiger partial charge in [-0.25, -0.2) is 13.1 Å². The Labute approximate surface area is 160 Å². The van der Waals surface area contributed by atoms with Crippen molar-refractivity contribution in [1.29, 1.82) is 0 Å². The predicted octanol–water partition coefficient (Wildman–Crippen LogP) is 2.82. The number of hydrogen-bond donors (Lipinski definition) is 1. The molecule has 0 spiro atoms. The second-order valence-electron chi connectivity index (χ2n) is 5.91. The van der Waals surface area contributed by atoms with Crippen LogP contribution in [0.5, 0.6) is 23.0 Å². The number of ether oxygens (including phenoxy) is 4. The van der Waals surface area contributed by atoms with E-state index in [1.54, 1.807) is 45.2 Å². The van der Waals surface area contributed by atoms with Crippen LogP contribution >= 0.6 is 0 Å². The molecular formula is C19H25NO6S. The summed E-state index contributed by atoms with van der Waals surface area (Å²) in [6, 6.07) is 6.82. The van der Waals surface area contributed by atoms with E-state index >= 15 is 0 Å². The van der Waals surface area contributed by atoms with Gasteiger partial charge >= 0.3 is 0 Å². The van der Waals surface area contributed by atoms with Gasteiger partial charge in [0.05, 0.1) is 33.3 Å². The van der Waals surface area contributed by atoms with Crippen molar-refractivity contribution < 1.29 is 27.4 Å².